The molecule has 0 aliphatic rings. The molecule has 0 aliphatic heterocycles. The van der Waals surface area contributed by atoms with Crippen molar-refractivity contribution in [1.29, 1.82) is 0 Å². The molecule has 1 atom stereocenters. The van der Waals surface area contributed by atoms with Gasteiger partial charge in [0.25, 0.3) is 0 Å². The maximum atomic E-state index is 13.2. The van der Waals surface area contributed by atoms with Gasteiger partial charge in [0, 0.05) is 12.1 Å². The van der Waals surface area contributed by atoms with Crippen LogP contribution < -0.4 is 11.3 Å². The summed E-state index contributed by atoms with van der Waals surface area (Å²) in [6, 6.07) is 5.33. The number of hydrogen-bond donors (Lipinski definition) is 2. The third-order valence-electron chi connectivity index (χ3n) is 2.85. The van der Waals surface area contributed by atoms with Gasteiger partial charge in [0.05, 0.1) is 6.04 Å². The molecule has 106 valence electrons. The van der Waals surface area contributed by atoms with Crippen LogP contribution in [-0.2, 0) is 6.42 Å². The van der Waals surface area contributed by atoms with Crippen molar-refractivity contribution in [2.45, 2.75) is 12.5 Å². The molecule has 0 heterocycles. The summed E-state index contributed by atoms with van der Waals surface area (Å²) >= 11 is 0. The molecule has 6 heteroatoms. The van der Waals surface area contributed by atoms with Gasteiger partial charge in [-0.1, -0.05) is 0 Å². The highest BCUT2D eigenvalue weighted by Crippen LogP contribution is 2.21. The van der Waals surface area contributed by atoms with Crippen LogP contribution in [0.3, 0.4) is 0 Å². The third-order valence-corrected chi connectivity index (χ3v) is 2.85. The minimum absolute atomic E-state index is 0.0913. The van der Waals surface area contributed by atoms with Crippen LogP contribution in [0.2, 0.25) is 0 Å². The fourth-order valence-corrected chi connectivity index (χ4v) is 2.01. The lowest BCUT2D eigenvalue weighted by atomic mass is 9.99. The molecular formula is C14H12F4N2. The predicted molar refractivity (Wildman–Crippen MR) is 66.5 cm³/mol. The molecule has 0 fully saturated rings. The molecular weight excluding hydrogens is 272 g/mol. The lowest BCUT2D eigenvalue weighted by Crippen LogP contribution is -2.29. The van der Waals surface area contributed by atoms with E-state index >= 15 is 0 Å². The van der Waals surface area contributed by atoms with Gasteiger partial charge in [0.15, 0.2) is 0 Å². The number of benzene rings is 2. The van der Waals surface area contributed by atoms with Gasteiger partial charge in [-0.05, 0) is 41.8 Å². The number of nitrogens with two attached hydrogens (primary N) is 1. The van der Waals surface area contributed by atoms with Crippen molar-refractivity contribution >= 4 is 0 Å². The molecule has 3 N–H and O–H groups in total. The molecule has 0 spiro atoms. The summed E-state index contributed by atoms with van der Waals surface area (Å²) in [7, 11) is 0. The van der Waals surface area contributed by atoms with Crippen molar-refractivity contribution < 1.29 is 17.6 Å². The minimum Gasteiger partial charge on any atom is -0.271 e. The van der Waals surface area contributed by atoms with E-state index < -0.39 is 29.3 Å². The Labute approximate surface area is 113 Å². The Hall–Kier alpha value is -1.92. The van der Waals surface area contributed by atoms with E-state index in [0.29, 0.717) is 5.56 Å². The minimum atomic E-state index is -0.745. The highest BCUT2D eigenvalue weighted by atomic mass is 19.1. The Morgan fingerprint density at radius 1 is 0.800 bits per heavy atom. The van der Waals surface area contributed by atoms with Crippen LogP contribution >= 0.6 is 0 Å². The average Bonchev–Trinajstić information content (AvgIpc) is 2.33. The summed E-state index contributed by atoms with van der Waals surface area (Å²) in [5, 5.41) is 0. The van der Waals surface area contributed by atoms with E-state index in [-0.39, 0.29) is 12.0 Å². The summed E-state index contributed by atoms with van der Waals surface area (Å²) in [5.41, 5.74) is 2.97. The van der Waals surface area contributed by atoms with E-state index in [0.717, 1.165) is 36.4 Å². The van der Waals surface area contributed by atoms with Gasteiger partial charge in [0.2, 0.25) is 0 Å². The molecule has 20 heavy (non-hydrogen) atoms. The van der Waals surface area contributed by atoms with E-state index in [1.165, 1.54) is 0 Å². The van der Waals surface area contributed by atoms with E-state index in [2.05, 4.69) is 5.43 Å². The molecule has 2 nitrogen and oxygen atoms in total. The second-order valence-electron chi connectivity index (χ2n) is 4.40. The van der Waals surface area contributed by atoms with Gasteiger partial charge in [-0.3, -0.25) is 11.3 Å². The standard InChI is InChI=1S/C14H12F4N2/c15-10-1-8(2-11(16)6-10)3-14(20-19)9-4-12(17)7-13(18)5-9/h1-2,4-7,14,20H,3,19H2. The van der Waals surface area contributed by atoms with Crippen LogP contribution in [0.4, 0.5) is 17.6 Å². The van der Waals surface area contributed by atoms with Gasteiger partial charge in [-0.25, -0.2) is 17.6 Å². The lowest BCUT2D eigenvalue weighted by molar-refractivity contribution is 0.524. The zero-order valence-electron chi connectivity index (χ0n) is 10.3. The molecule has 0 aromatic heterocycles. The smallest absolute Gasteiger partial charge is 0.126 e. The van der Waals surface area contributed by atoms with E-state index in [9.17, 15) is 17.6 Å². The van der Waals surface area contributed by atoms with Crippen molar-refractivity contribution in [2.24, 2.45) is 5.84 Å². The Balaban J connectivity index is 2.28. The van der Waals surface area contributed by atoms with Crippen molar-refractivity contribution in [1.82, 2.24) is 5.43 Å². The molecule has 0 saturated carbocycles. The Bertz CT molecular complexity index is 576. The van der Waals surface area contributed by atoms with Gasteiger partial charge in [-0.15, -0.1) is 0 Å². The zero-order valence-corrected chi connectivity index (χ0v) is 10.3. The van der Waals surface area contributed by atoms with Crippen molar-refractivity contribution in [2.75, 3.05) is 0 Å². The van der Waals surface area contributed by atoms with Crippen LogP contribution in [0, 0.1) is 23.3 Å². The highest BCUT2D eigenvalue weighted by Gasteiger charge is 2.14. The first-order valence-corrected chi connectivity index (χ1v) is 5.85. The van der Waals surface area contributed by atoms with Crippen LogP contribution in [0.15, 0.2) is 36.4 Å². The van der Waals surface area contributed by atoms with Gasteiger partial charge in [-0.2, -0.15) is 0 Å². The Kier molecular flexibility index (Phi) is 4.36. The normalized spacial score (nSPS) is 12.4. The fourth-order valence-electron chi connectivity index (χ4n) is 2.01. The molecule has 0 bridgehead atoms. The first kappa shape index (κ1) is 14.5. The van der Waals surface area contributed by atoms with E-state index in [1.807, 2.05) is 0 Å². The second-order valence-corrected chi connectivity index (χ2v) is 4.40. The topological polar surface area (TPSA) is 38.0 Å². The maximum absolute atomic E-state index is 13.2. The quantitative estimate of drug-likeness (QED) is 0.514. The Morgan fingerprint density at radius 3 is 1.70 bits per heavy atom. The molecule has 2 aromatic carbocycles. The zero-order chi connectivity index (χ0) is 14.7. The molecule has 0 amide bonds. The van der Waals surface area contributed by atoms with Crippen LogP contribution in [0.5, 0.6) is 0 Å². The number of rotatable bonds is 4. The monoisotopic (exact) mass is 284 g/mol. The van der Waals surface area contributed by atoms with Gasteiger partial charge < -0.3 is 0 Å². The van der Waals surface area contributed by atoms with Crippen molar-refractivity contribution in [3.05, 3.63) is 70.8 Å². The van der Waals surface area contributed by atoms with Gasteiger partial charge >= 0.3 is 0 Å². The summed E-state index contributed by atoms with van der Waals surface area (Å²) in [6.45, 7) is 0. The van der Waals surface area contributed by atoms with Crippen LogP contribution in [0.25, 0.3) is 0 Å². The van der Waals surface area contributed by atoms with Gasteiger partial charge in [0.1, 0.15) is 23.3 Å². The summed E-state index contributed by atoms with van der Waals surface area (Å²) in [6.07, 6.45) is 0.0913. The molecule has 0 saturated heterocycles. The summed E-state index contributed by atoms with van der Waals surface area (Å²) in [5.74, 6) is 2.41. The first-order chi connectivity index (χ1) is 9.47. The SMILES string of the molecule is NNC(Cc1cc(F)cc(F)c1)c1cc(F)cc(F)c1. The lowest BCUT2D eigenvalue weighted by Gasteiger charge is -2.17. The number of hydrogen-bond acceptors (Lipinski definition) is 2. The van der Waals surface area contributed by atoms with Crippen LogP contribution in [-0.4, -0.2) is 0 Å². The molecule has 2 aromatic rings. The molecule has 0 aliphatic carbocycles. The fraction of sp³-hybridized carbons (Fsp3) is 0.143. The number of hydrazine groups is 1. The third kappa shape index (κ3) is 3.55. The highest BCUT2D eigenvalue weighted by molar-refractivity contribution is 5.25. The Morgan fingerprint density at radius 2 is 1.25 bits per heavy atom. The van der Waals surface area contributed by atoms with Crippen molar-refractivity contribution in [3.63, 3.8) is 0 Å². The average molecular weight is 284 g/mol. The first-order valence-electron chi connectivity index (χ1n) is 5.85. The molecule has 2 rings (SSSR count). The molecule has 0 radical (unpaired) electrons. The summed E-state index contributed by atoms with van der Waals surface area (Å²) in [4.78, 5) is 0. The molecule has 1 unspecified atom stereocenters. The summed E-state index contributed by atoms with van der Waals surface area (Å²) < 4.78 is 52.5. The van der Waals surface area contributed by atoms with Crippen LogP contribution in [0.1, 0.15) is 17.2 Å². The second kappa shape index (κ2) is 6.02. The largest absolute Gasteiger partial charge is 0.271 e. The van der Waals surface area contributed by atoms with E-state index in [1.54, 1.807) is 0 Å². The van der Waals surface area contributed by atoms with E-state index in [4.69, 9.17) is 5.84 Å². The predicted octanol–water partition coefficient (Wildman–Crippen LogP) is 2.99. The number of nitrogens with one attached hydrogen (secondary N) is 1. The maximum Gasteiger partial charge on any atom is 0.126 e. The number of halogens is 4. The van der Waals surface area contributed by atoms with Crippen molar-refractivity contribution in [3.8, 4) is 0 Å².